The van der Waals surface area contributed by atoms with Crippen LogP contribution in [0.1, 0.15) is 62.4 Å². The molecule has 1 fully saturated rings. The van der Waals surface area contributed by atoms with E-state index in [0.717, 1.165) is 29.5 Å². The lowest BCUT2D eigenvalue weighted by Crippen LogP contribution is -2.49. The number of nitro benzene ring substituents is 1. The molecule has 4 aromatic carbocycles. The van der Waals surface area contributed by atoms with E-state index in [9.17, 15) is 24.5 Å². The van der Waals surface area contributed by atoms with Gasteiger partial charge < -0.3 is 10.2 Å². The predicted molar refractivity (Wildman–Crippen MR) is 166 cm³/mol. The molecule has 0 saturated carbocycles. The Morgan fingerprint density at radius 2 is 1.66 bits per heavy atom. The third-order valence-corrected chi connectivity index (χ3v) is 9.24. The maximum absolute atomic E-state index is 14.9. The highest BCUT2D eigenvalue weighted by Gasteiger charge is 2.70. The molecular formula is C36H29N3O5. The summed E-state index contributed by atoms with van der Waals surface area (Å²) >= 11 is 0. The Hall–Kier alpha value is -5.37. The smallest absolute Gasteiger partial charge is 0.270 e. The van der Waals surface area contributed by atoms with Crippen molar-refractivity contribution in [2.75, 3.05) is 5.32 Å². The Kier molecular flexibility index (Phi) is 6.50. The number of carbonyl (C=O) groups excluding carboxylic acids is 3. The number of anilines is 1. The largest absolute Gasteiger partial charge is 0.358 e. The molecule has 0 aliphatic carbocycles. The predicted octanol–water partition coefficient (Wildman–Crippen LogP) is 6.53. The van der Waals surface area contributed by atoms with Gasteiger partial charge in [-0.1, -0.05) is 92.2 Å². The van der Waals surface area contributed by atoms with Gasteiger partial charge in [0.1, 0.15) is 11.5 Å². The van der Waals surface area contributed by atoms with Gasteiger partial charge in [-0.3, -0.25) is 24.5 Å². The number of benzene rings is 4. The van der Waals surface area contributed by atoms with Crippen molar-refractivity contribution in [2.45, 2.75) is 37.3 Å². The zero-order valence-corrected chi connectivity index (χ0v) is 24.0. The van der Waals surface area contributed by atoms with Gasteiger partial charge in [-0.15, -0.1) is 0 Å². The normalized spacial score (nSPS) is 22.7. The van der Waals surface area contributed by atoms with Gasteiger partial charge in [-0.2, -0.15) is 0 Å². The first kappa shape index (κ1) is 27.5. The summed E-state index contributed by atoms with van der Waals surface area (Å²) in [6, 6.07) is 26.2. The van der Waals surface area contributed by atoms with Gasteiger partial charge in [0, 0.05) is 35.1 Å². The molecule has 44 heavy (non-hydrogen) atoms. The first-order valence-electron chi connectivity index (χ1n) is 14.7. The number of nitrogens with one attached hydrogen (secondary N) is 1. The van der Waals surface area contributed by atoms with E-state index in [-0.39, 0.29) is 22.9 Å². The van der Waals surface area contributed by atoms with E-state index in [4.69, 9.17) is 0 Å². The number of ketones is 2. The number of aryl methyl sites for hydroxylation is 1. The van der Waals surface area contributed by atoms with Gasteiger partial charge in [0.15, 0.2) is 11.6 Å². The molecular weight excluding hydrogens is 554 g/mol. The number of carbonyl (C=O) groups is 3. The number of nitrogens with zero attached hydrogens (tertiary/aromatic N) is 2. The molecule has 1 saturated heterocycles. The van der Waals surface area contributed by atoms with Gasteiger partial charge >= 0.3 is 0 Å². The number of fused-ring (bicyclic) bond motifs is 6. The Morgan fingerprint density at radius 3 is 2.43 bits per heavy atom. The minimum Gasteiger partial charge on any atom is -0.358 e. The highest BCUT2D eigenvalue weighted by atomic mass is 16.6. The molecule has 218 valence electrons. The van der Waals surface area contributed by atoms with Gasteiger partial charge in [-0.25, -0.2) is 0 Å². The molecule has 0 radical (unpaired) electrons. The van der Waals surface area contributed by atoms with Crippen LogP contribution >= 0.6 is 0 Å². The lowest BCUT2D eigenvalue weighted by molar-refractivity contribution is -0.384. The molecule has 4 unspecified atom stereocenters. The molecule has 8 nitrogen and oxygen atoms in total. The molecule has 4 atom stereocenters. The maximum atomic E-state index is 14.9. The summed E-state index contributed by atoms with van der Waals surface area (Å²) in [5.74, 6) is -2.29. The van der Waals surface area contributed by atoms with Crippen molar-refractivity contribution >= 4 is 34.9 Å². The Bertz CT molecular complexity index is 1880. The molecule has 1 N–H and O–H groups in total. The molecule has 3 aliphatic heterocycles. The summed E-state index contributed by atoms with van der Waals surface area (Å²) in [5.41, 5.74) is 2.89. The van der Waals surface area contributed by atoms with Gasteiger partial charge in [0.05, 0.1) is 16.9 Å². The number of rotatable bonds is 7. The third kappa shape index (κ3) is 3.94. The van der Waals surface area contributed by atoms with Crippen molar-refractivity contribution < 1.29 is 19.3 Å². The van der Waals surface area contributed by atoms with E-state index < -0.39 is 34.1 Å². The molecule has 0 aromatic heterocycles. The van der Waals surface area contributed by atoms with Crippen molar-refractivity contribution in [3.63, 3.8) is 0 Å². The van der Waals surface area contributed by atoms with E-state index in [1.54, 1.807) is 18.3 Å². The number of amides is 1. The summed E-state index contributed by atoms with van der Waals surface area (Å²) in [7, 11) is 0. The molecule has 8 heteroatoms. The summed E-state index contributed by atoms with van der Waals surface area (Å²) in [6.07, 6.45) is 5.50. The number of hydrogen-bond acceptors (Lipinski definition) is 6. The molecule has 4 aromatic rings. The quantitative estimate of drug-likeness (QED) is 0.151. The van der Waals surface area contributed by atoms with E-state index in [2.05, 4.69) is 12.2 Å². The summed E-state index contributed by atoms with van der Waals surface area (Å²) < 4.78 is 0. The van der Waals surface area contributed by atoms with E-state index in [1.807, 2.05) is 71.6 Å². The van der Waals surface area contributed by atoms with Crippen LogP contribution in [0.25, 0.3) is 6.08 Å². The van der Waals surface area contributed by atoms with E-state index in [1.165, 1.54) is 24.3 Å². The summed E-state index contributed by atoms with van der Waals surface area (Å²) in [6.45, 7) is 2.09. The van der Waals surface area contributed by atoms with Crippen LogP contribution in [0.5, 0.6) is 0 Å². The fourth-order valence-corrected chi connectivity index (χ4v) is 7.42. The van der Waals surface area contributed by atoms with Crippen LogP contribution in [0.3, 0.4) is 0 Å². The fourth-order valence-electron chi connectivity index (χ4n) is 7.42. The first-order valence-corrected chi connectivity index (χ1v) is 14.7. The van der Waals surface area contributed by atoms with Crippen LogP contribution in [0.4, 0.5) is 11.4 Å². The topological polar surface area (TPSA) is 110 Å². The monoisotopic (exact) mass is 583 g/mol. The number of non-ortho nitro benzene ring substituents is 1. The van der Waals surface area contributed by atoms with Gasteiger partial charge in [-0.05, 0) is 40.8 Å². The lowest BCUT2D eigenvalue weighted by Gasteiger charge is -2.38. The third-order valence-electron chi connectivity index (χ3n) is 9.24. The van der Waals surface area contributed by atoms with Gasteiger partial charge in [0.25, 0.3) is 5.69 Å². The first-order chi connectivity index (χ1) is 21.4. The second kappa shape index (κ2) is 10.4. The highest BCUT2D eigenvalue weighted by molar-refractivity contribution is 6.16. The average molecular weight is 584 g/mol. The molecule has 1 amide bonds. The van der Waals surface area contributed by atoms with Crippen molar-refractivity contribution in [3.8, 4) is 0 Å². The Labute approximate surface area is 254 Å². The maximum Gasteiger partial charge on any atom is 0.270 e. The number of nitro groups is 1. The second-order valence-electron chi connectivity index (χ2n) is 11.6. The molecule has 3 heterocycles. The summed E-state index contributed by atoms with van der Waals surface area (Å²) in [5, 5.41) is 14.7. The van der Waals surface area contributed by atoms with Crippen molar-refractivity contribution in [3.05, 3.63) is 147 Å². The number of para-hydroxylation sites is 1. The standard InChI is InChI=1S/C36H29N3O5/c1-2-8-22-15-17-24(18-16-22)32(40)30-31(33(41)25-10-7-11-26(21-25)39(43)44)38-20-19-23-9-3-4-12-27(23)34(38)36(30)28-13-5-6-14-29(28)37-35(36)42/h3-7,9-21,30-31,34H,2,8H2,1H3,(H,37,42). The van der Waals surface area contributed by atoms with Crippen LogP contribution in [-0.4, -0.2) is 33.3 Å². The van der Waals surface area contributed by atoms with Crippen LogP contribution in [-0.2, 0) is 16.6 Å². The Balaban J connectivity index is 1.50. The number of Topliss-reactive ketones (excluding diaryl/α,β-unsaturated/α-hetero) is 2. The SMILES string of the molecule is CCCc1ccc(C(=O)C2C(C(=O)c3cccc([N+](=O)[O-])c3)N3C=Cc4ccccc4C3C23C(=O)Nc2ccccc23)cc1. The molecule has 0 bridgehead atoms. The molecule has 7 rings (SSSR count). The molecule has 1 spiro atoms. The molecule has 3 aliphatic rings. The number of hydrogen-bond donors (Lipinski definition) is 1. The zero-order valence-electron chi connectivity index (χ0n) is 24.0. The van der Waals surface area contributed by atoms with Crippen molar-refractivity contribution in [2.24, 2.45) is 5.92 Å². The van der Waals surface area contributed by atoms with Crippen LogP contribution < -0.4 is 5.32 Å². The minimum absolute atomic E-state index is 0.107. The van der Waals surface area contributed by atoms with E-state index in [0.29, 0.717) is 16.8 Å². The second-order valence-corrected chi connectivity index (χ2v) is 11.6. The average Bonchev–Trinajstić information content (AvgIpc) is 3.53. The van der Waals surface area contributed by atoms with Crippen LogP contribution in [0.15, 0.2) is 103 Å². The van der Waals surface area contributed by atoms with Gasteiger partial charge in [0.2, 0.25) is 5.91 Å². The lowest BCUT2D eigenvalue weighted by atomic mass is 9.62. The van der Waals surface area contributed by atoms with Crippen molar-refractivity contribution in [1.29, 1.82) is 0 Å². The van der Waals surface area contributed by atoms with Crippen LogP contribution in [0, 0.1) is 16.0 Å². The summed E-state index contributed by atoms with van der Waals surface area (Å²) in [4.78, 5) is 57.0. The zero-order chi connectivity index (χ0) is 30.6. The van der Waals surface area contributed by atoms with Crippen LogP contribution in [0.2, 0.25) is 0 Å². The van der Waals surface area contributed by atoms with Crippen molar-refractivity contribution in [1.82, 2.24) is 4.90 Å². The highest BCUT2D eigenvalue weighted by Crippen LogP contribution is 2.62. The Morgan fingerprint density at radius 1 is 0.909 bits per heavy atom. The fraction of sp³-hybridized carbons (Fsp3) is 0.194. The van der Waals surface area contributed by atoms with E-state index >= 15 is 0 Å². The minimum atomic E-state index is -1.46.